The van der Waals surface area contributed by atoms with Gasteiger partial charge < -0.3 is 20.1 Å². The molecule has 5 rings (SSSR count). The molecule has 0 aliphatic rings. The van der Waals surface area contributed by atoms with Crippen molar-refractivity contribution in [3.63, 3.8) is 0 Å². The van der Waals surface area contributed by atoms with Crippen LogP contribution in [0.2, 0.25) is 10.0 Å². The van der Waals surface area contributed by atoms with Crippen molar-refractivity contribution in [2.75, 3.05) is 22.7 Å². The van der Waals surface area contributed by atoms with Crippen molar-refractivity contribution in [3.05, 3.63) is 118 Å². The zero-order valence-corrected chi connectivity index (χ0v) is 24.1. The molecule has 212 valence electrons. The maximum atomic E-state index is 6.29. The third-order valence-corrected chi connectivity index (χ3v) is 6.33. The number of rotatable bonds is 12. The molecule has 11 heteroatoms. The third-order valence-electron chi connectivity index (χ3n) is 5.74. The highest BCUT2D eigenvalue weighted by Gasteiger charge is 2.10. The molecular weight excluding hydrogens is 573 g/mol. The summed E-state index contributed by atoms with van der Waals surface area (Å²) < 4.78 is 11.8. The zero-order valence-electron chi connectivity index (χ0n) is 22.6. The number of anilines is 5. The molecule has 9 nitrogen and oxygen atoms in total. The predicted molar refractivity (Wildman–Crippen MR) is 169 cm³/mol. The first kappa shape index (κ1) is 28.7. The highest BCUT2D eigenvalue weighted by atomic mass is 35.5. The molecule has 42 heavy (non-hydrogen) atoms. The number of hydrogen-bond acceptors (Lipinski definition) is 9. The number of benzene rings is 4. The molecule has 3 N–H and O–H groups in total. The summed E-state index contributed by atoms with van der Waals surface area (Å²) >= 11 is 12.3. The first-order chi connectivity index (χ1) is 20.6. The van der Waals surface area contributed by atoms with Crippen LogP contribution in [0.3, 0.4) is 0 Å². The number of hydrogen-bond donors (Lipinski definition) is 3. The number of hydrazone groups is 1. The fourth-order valence-electron chi connectivity index (χ4n) is 3.79. The average Bonchev–Trinajstić information content (AvgIpc) is 2.99. The monoisotopic (exact) mass is 599 g/mol. The van der Waals surface area contributed by atoms with E-state index in [0.29, 0.717) is 40.0 Å². The van der Waals surface area contributed by atoms with E-state index in [-0.39, 0.29) is 12.6 Å². The van der Waals surface area contributed by atoms with Crippen LogP contribution in [-0.4, -0.2) is 27.8 Å². The van der Waals surface area contributed by atoms with E-state index in [4.69, 9.17) is 32.7 Å². The average molecular weight is 601 g/mol. The number of nitrogens with zero attached hydrogens (tertiary/aromatic N) is 4. The van der Waals surface area contributed by atoms with Gasteiger partial charge in [0.2, 0.25) is 17.8 Å². The first-order valence-corrected chi connectivity index (χ1v) is 13.8. The summed E-state index contributed by atoms with van der Waals surface area (Å²) in [5, 5.41) is 11.8. The van der Waals surface area contributed by atoms with Crippen molar-refractivity contribution in [2.24, 2.45) is 5.10 Å². The summed E-state index contributed by atoms with van der Waals surface area (Å²) in [5.74, 6) is 2.12. The summed E-state index contributed by atoms with van der Waals surface area (Å²) in [6, 6.07) is 30.1. The molecule has 0 spiro atoms. The van der Waals surface area contributed by atoms with Crippen LogP contribution < -0.4 is 25.5 Å². The molecule has 0 aliphatic heterocycles. The zero-order chi connectivity index (χ0) is 29.1. The molecule has 0 unspecified atom stereocenters. The topological polar surface area (TPSA) is 106 Å². The fraction of sp³-hybridized carbons (Fsp3) is 0.0968. The van der Waals surface area contributed by atoms with Crippen LogP contribution in [0.5, 0.6) is 11.5 Å². The Labute approximate surface area is 253 Å². The van der Waals surface area contributed by atoms with Gasteiger partial charge in [-0.25, -0.2) is 5.43 Å². The Morgan fingerprint density at radius 1 is 0.714 bits per heavy atom. The number of para-hydroxylation sites is 2. The van der Waals surface area contributed by atoms with E-state index < -0.39 is 0 Å². The second-order valence-electron chi connectivity index (χ2n) is 8.82. The van der Waals surface area contributed by atoms with Crippen molar-refractivity contribution < 1.29 is 9.47 Å². The quantitative estimate of drug-likeness (QED) is 0.0975. The van der Waals surface area contributed by atoms with E-state index in [1.165, 1.54) is 0 Å². The van der Waals surface area contributed by atoms with Crippen LogP contribution in [0.25, 0.3) is 0 Å². The predicted octanol–water partition coefficient (Wildman–Crippen LogP) is 8.09. The molecule has 0 amide bonds. The lowest BCUT2D eigenvalue weighted by Gasteiger charge is -2.13. The smallest absolute Gasteiger partial charge is 0.250 e. The first-order valence-electron chi connectivity index (χ1n) is 13.1. The molecule has 0 saturated heterocycles. The Morgan fingerprint density at radius 3 is 1.98 bits per heavy atom. The summed E-state index contributed by atoms with van der Waals surface area (Å²) in [6.07, 6.45) is 1.64. The Kier molecular flexibility index (Phi) is 9.66. The van der Waals surface area contributed by atoms with Crippen molar-refractivity contribution in [3.8, 4) is 11.5 Å². The molecule has 0 saturated carbocycles. The van der Waals surface area contributed by atoms with Crippen LogP contribution >= 0.6 is 23.2 Å². The van der Waals surface area contributed by atoms with E-state index in [0.717, 1.165) is 22.5 Å². The summed E-state index contributed by atoms with van der Waals surface area (Å²) in [6.45, 7) is 2.64. The minimum Gasteiger partial charge on any atom is -0.490 e. The molecule has 1 aromatic heterocycles. The highest BCUT2D eigenvalue weighted by Crippen LogP contribution is 2.30. The number of nitrogens with one attached hydrogen (secondary N) is 3. The molecule has 5 aromatic rings. The van der Waals surface area contributed by atoms with Gasteiger partial charge >= 0.3 is 0 Å². The summed E-state index contributed by atoms with van der Waals surface area (Å²) in [7, 11) is 0. The van der Waals surface area contributed by atoms with Gasteiger partial charge in [0.15, 0.2) is 11.5 Å². The van der Waals surface area contributed by atoms with E-state index >= 15 is 0 Å². The molecule has 4 aromatic carbocycles. The van der Waals surface area contributed by atoms with Gasteiger partial charge in [0.1, 0.15) is 6.61 Å². The largest absolute Gasteiger partial charge is 0.490 e. The maximum absolute atomic E-state index is 6.29. The van der Waals surface area contributed by atoms with Crippen molar-refractivity contribution in [2.45, 2.75) is 13.5 Å². The van der Waals surface area contributed by atoms with E-state index in [1.54, 1.807) is 18.3 Å². The van der Waals surface area contributed by atoms with Crippen LogP contribution in [-0.2, 0) is 6.61 Å². The molecule has 0 radical (unpaired) electrons. The van der Waals surface area contributed by atoms with E-state index in [1.807, 2.05) is 91.9 Å². The van der Waals surface area contributed by atoms with Gasteiger partial charge in [0.25, 0.3) is 0 Å². The van der Waals surface area contributed by atoms with Gasteiger partial charge in [-0.05, 0) is 67.1 Å². The minimum atomic E-state index is 0.253. The number of ether oxygens (including phenoxy) is 2. The van der Waals surface area contributed by atoms with E-state index in [9.17, 15) is 0 Å². The van der Waals surface area contributed by atoms with Crippen molar-refractivity contribution in [1.29, 1.82) is 0 Å². The minimum absolute atomic E-state index is 0.253. The molecule has 1 heterocycles. The second-order valence-corrected chi connectivity index (χ2v) is 9.67. The molecule has 0 fully saturated rings. The normalized spacial score (nSPS) is 10.8. The second kappa shape index (κ2) is 14.2. The van der Waals surface area contributed by atoms with Gasteiger partial charge in [-0.3, -0.25) is 0 Å². The molecule has 0 aliphatic carbocycles. The molecular formula is C31H27Cl2N7O2. The SMILES string of the molecule is CCOc1cc(C=NNc2nc(Nc3ccccc3)nc(Nc3ccccc3)n2)ccc1OCc1ccc(Cl)cc1Cl. The van der Waals surface area contributed by atoms with Crippen LogP contribution in [0.1, 0.15) is 18.1 Å². The maximum Gasteiger partial charge on any atom is 0.250 e. The Bertz CT molecular complexity index is 1600. The highest BCUT2D eigenvalue weighted by molar-refractivity contribution is 6.35. The third kappa shape index (κ3) is 8.09. The fourth-order valence-corrected chi connectivity index (χ4v) is 4.25. The van der Waals surface area contributed by atoms with Gasteiger partial charge in [-0.1, -0.05) is 65.7 Å². The van der Waals surface area contributed by atoms with Crippen molar-refractivity contribution in [1.82, 2.24) is 15.0 Å². The van der Waals surface area contributed by atoms with Gasteiger partial charge in [-0.2, -0.15) is 20.1 Å². The van der Waals surface area contributed by atoms with Gasteiger partial charge in [0.05, 0.1) is 12.8 Å². The summed E-state index contributed by atoms with van der Waals surface area (Å²) in [5.41, 5.74) is 6.18. The molecule has 0 bridgehead atoms. The number of aromatic nitrogens is 3. The lowest BCUT2D eigenvalue weighted by Crippen LogP contribution is -2.07. The van der Waals surface area contributed by atoms with Crippen LogP contribution in [0, 0.1) is 0 Å². The summed E-state index contributed by atoms with van der Waals surface area (Å²) in [4.78, 5) is 13.4. The Morgan fingerprint density at radius 2 is 1.36 bits per heavy atom. The van der Waals surface area contributed by atoms with Crippen molar-refractivity contribution >= 4 is 58.6 Å². The van der Waals surface area contributed by atoms with Crippen LogP contribution in [0.15, 0.2) is 102 Å². The van der Waals surface area contributed by atoms with E-state index in [2.05, 4.69) is 36.1 Å². The van der Waals surface area contributed by atoms with Gasteiger partial charge in [-0.15, -0.1) is 0 Å². The van der Waals surface area contributed by atoms with Gasteiger partial charge in [0, 0.05) is 27.0 Å². The Hall–Kier alpha value is -4.86. The lowest BCUT2D eigenvalue weighted by molar-refractivity contribution is 0.269. The number of halogens is 2. The lowest BCUT2D eigenvalue weighted by atomic mass is 10.2. The standard InChI is InChI=1S/C31H27Cl2N7O2/c1-2-41-28-17-21(13-16-27(28)42-20-22-14-15-23(32)18-26(22)33)19-34-40-31-38-29(35-24-9-5-3-6-10-24)37-30(39-31)36-25-11-7-4-8-12-25/h3-19H,2,20H2,1H3,(H3,35,36,37,38,39,40). The molecule has 0 atom stereocenters. The Balaban J connectivity index is 1.31. The van der Waals surface area contributed by atoms with Crippen LogP contribution in [0.4, 0.5) is 29.2 Å².